The zero-order valence-corrected chi connectivity index (χ0v) is 8.10. The Labute approximate surface area is 83.4 Å². The third-order valence-corrected chi connectivity index (χ3v) is 4.31. The summed E-state index contributed by atoms with van der Waals surface area (Å²) in [6.45, 7) is 4.35. The molecule has 3 fully saturated rings. The van der Waals surface area contributed by atoms with E-state index in [0.717, 1.165) is 19.4 Å². The number of aliphatic hydroxyl groups is 1. The lowest BCUT2D eigenvalue weighted by molar-refractivity contribution is -0.128. The van der Waals surface area contributed by atoms with Gasteiger partial charge < -0.3 is 10.0 Å². The van der Waals surface area contributed by atoms with Gasteiger partial charge in [-0.05, 0) is 36.7 Å². The molecule has 3 aliphatic rings. The monoisotopic (exact) mass is 193 g/mol. The van der Waals surface area contributed by atoms with Gasteiger partial charge in [0.15, 0.2) is 0 Å². The van der Waals surface area contributed by atoms with E-state index in [-0.39, 0.29) is 18.1 Å². The third kappa shape index (κ3) is 0.836. The molecule has 2 saturated carbocycles. The first-order valence-corrected chi connectivity index (χ1v) is 5.33. The van der Waals surface area contributed by atoms with Crippen molar-refractivity contribution in [3.8, 4) is 0 Å². The molecule has 0 aromatic heterocycles. The van der Waals surface area contributed by atoms with E-state index in [1.165, 1.54) is 6.08 Å². The Hall–Kier alpha value is -0.830. The molecule has 3 rings (SSSR count). The van der Waals surface area contributed by atoms with E-state index in [2.05, 4.69) is 6.58 Å². The molecule has 1 saturated heterocycles. The summed E-state index contributed by atoms with van der Waals surface area (Å²) in [5, 5.41) is 9.99. The quantitative estimate of drug-likeness (QED) is 0.612. The number of hydrogen-bond acceptors (Lipinski definition) is 2. The van der Waals surface area contributed by atoms with Crippen LogP contribution in [0.3, 0.4) is 0 Å². The Balaban J connectivity index is 1.92. The molecule has 0 aromatic carbocycles. The van der Waals surface area contributed by atoms with E-state index in [0.29, 0.717) is 17.8 Å². The second kappa shape index (κ2) is 2.60. The molecule has 3 heteroatoms. The van der Waals surface area contributed by atoms with Gasteiger partial charge in [0, 0.05) is 6.54 Å². The van der Waals surface area contributed by atoms with Crippen molar-refractivity contribution in [2.24, 2.45) is 17.8 Å². The van der Waals surface area contributed by atoms with E-state index < -0.39 is 0 Å². The molecule has 0 spiro atoms. The Kier molecular flexibility index (Phi) is 1.57. The number of hydrogen-bond donors (Lipinski definition) is 1. The van der Waals surface area contributed by atoms with Crippen molar-refractivity contribution in [2.45, 2.75) is 25.0 Å². The van der Waals surface area contributed by atoms with Gasteiger partial charge in [0.25, 0.3) is 0 Å². The number of fused-ring (bicyclic) bond motifs is 1. The van der Waals surface area contributed by atoms with Crippen molar-refractivity contribution in [3.63, 3.8) is 0 Å². The first-order valence-electron chi connectivity index (χ1n) is 5.33. The SMILES string of the molecule is C=CC(=O)N1CC2CC3CC2C1C3O. The number of carbonyl (C=O) groups excluding carboxylic acids is 1. The second-order valence-electron chi connectivity index (χ2n) is 4.83. The van der Waals surface area contributed by atoms with E-state index in [1.807, 2.05) is 4.90 Å². The zero-order valence-electron chi connectivity index (χ0n) is 8.10. The van der Waals surface area contributed by atoms with Crippen LogP contribution in [0.4, 0.5) is 0 Å². The van der Waals surface area contributed by atoms with Crippen LogP contribution in [0.15, 0.2) is 12.7 Å². The first-order chi connectivity index (χ1) is 6.72. The maximum absolute atomic E-state index is 11.6. The molecule has 3 nitrogen and oxygen atoms in total. The van der Waals surface area contributed by atoms with Crippen LogP contribution < -0.4 is 0 Å². The summed E-state index contributed by atoms with van der Waals surface area (Å²) in [7, 11) is 0. The molecule has 14 heavy (non-hydrogen) atoms. The molecule has 76 valence electrons. The molecule has 1 N–H and O–H groups in total. The Morgan fingerprint density at radius 3 is 2.86 bits per heavy atom. The van der Waals surface area contributed by atoms with E-state index >= 15 is 0 Å². The topological polar surface area (TPSA) is 40.5 Å². The summed E-state index contributed by atoms with van der Waals surface area (Å²) < 4.78 is 0. The molecule has 2 aliphatic carbocycles. The third-order valence-electron chi connectivity index (χ3n) is 4.31. The van der Waals surface area contributed by atoms with Crippen molar-refractivity contribution in [3.05, 3.63) is 12.7 Å². The maximum Gasteiger partial charge on any atom is 0.246 e. The molecule has 1 amide bonds. The second-order valence-corrected chi connectivity index (χ2v) is 4.83. The predicted molar refractivity (Wildman–Crippen MR) is 51.4 cm³/mol. The molecular weight excluding hydrogens is 178 g/mol. The molecular formula is C11H15NO2. The molecule has 0 aromatic rings. The van der Waals surface area contributed by atoms with Crippen LogP contribution in [0.25, 0.3) is 0 Å². The van der Waals surface area contributed by atoms with Crippen LogP contribution in [0.5, 0.6) is 0 Å². The lowest BCUT2D eigenvalue weighted by atomic mass is 9.88. The van der Waals surface area contributed by atoms with Crippen LogP contribution in [0, 0.1) is 17.8 Å². The van der Waals surface area contributed by atoms with Gasteiger partial charge in [-0.15, -0.1) is 0 Å². The van der Waals surface area contributed by atoms with Gasteiger partial charge in [-0.3, -0.25) is 4.79 Å². The fourth-order valence-electron chi connectivity index (χ4n) is 3.79. The van der Waals surface area contributed by atoms with Crippen LogP contribution in [0.1, 0.15) is 12.8 Å². The highest BCUT2D eigenvalue weighted by Crippen LogP contribution is 2.54. The maximum atomic E-state index is 11.6. The number of rotatable bonds is 1. The normalized spacial score (nSPS) is 48.6. The zero-order chi connectivity index (χ0) is 9.87. The van der Waals surface area contributed by atoms with E-state index in [9.17, 15) is 9.90 Å². The van der Waals surface area contributed by atoms with Crippen molar-refractivity contribution in [2.75, 3.05) is 6.54 Å². The number of aliphatic hydroxyl groups excluding tert-OH is 1. The number of likely N-dealkylation sites (tertiary alicyclic amines) is 1. The van der Waals surface area contributed by atoms with E-state index in [4.69, 9.17) is 0 Å². The van der Waals surface area contributed by atoms with Crippen LogP contribution >= 0.6 is 0 Å². The number of amides is 1. The minimum absolute atomic E-state index is 0.0101. The van der Waals surface area contributed by atoms with Crippen LogP contribution in [-0.2, 0) is 4.79 Å². The highest BCUT2D eigenvalue weighted by atomic mass is 16.3. The summed E-state index contributed by atoms with van der Waals surface area (Å²) in [5.41, 5.74) is 0. The molecule has 5 atom stereocenters. The van der Waals surface area contributed by atoms with Gasteiger partial charge in [0.1, 0.15) is 0 Å². The number of nitrogens with zero attached hydrogens (tertiary/aromatic N) is 1. The summed E-state index contributed by atoms with van der Waals surface area (Å²) in [4.78, 5) is 13.4. The van der Waals surface area contributed by atoms with Gasteiger partial charge in [0.2, 0.25) is 5.91 Å². The Bertz CT molecular complexity index is 300. The fourth-order valence-corrected chi connectivity index (χ4v) is 3.79. The minimum atomic E-state index is -0.275. The minimum Gasteiger partial charge on any atom is -0.391 e. The van der Waals surface area contributed by atoms with Crippen molar-refractivity contribution >= 4 is 5.91 Å². The molecule has 0 radical (unpaired) electrons. The van der Waals surface area contributed by atoms with Crippen molar-refractivity contribution < 1.29 is 9.90 Å². The summed E-state index contributed by atoms with van der Waals surface area (Å²) in [6, 6.07) is 0.101. The van der Waals surface area contributed by atoms with Gasteiger partial charge in [-0.2, -0.15) is 0 Å². The standard InChI is InChI=1S/C11H15NO2/c1-2-9(13)12-5-7-3-6-4-8(7)10(12)11(6)14/h2,6-8,10-11,14H,1,3-5H2. The molecule has 1 aliphatic heterocycles. The molecule has 2 bridgehead atoms. The summed E-state index contributed by atoms with van der Waals surface area (Å²) in [5.74, 6) is 1.66. The summed E-state index contributed by atoms with van der Waals surface area (Å²) in [6.07, 6.45) is 3.33. The van der Waals surface area contributed by atoms with Gasteiger partial charge in [-0.25, -0.2) is 0 Å². The first kappa shape index (κ1) is 8.48. The largest absolute Gasteiger partial charge is 0.391 e. The fraction of sp³-hybridized carbons (Fsp3) is 0.727. The Morgan fingerprint density at radius 1 is 1.43 bits per heavy atom. The lowest BCUT2D eigenvalue weighted by Gasteiger charge is -2.28. The highest BCUT2D eigenvalue weighted by Gasteiger charge is 2.59. The molecule has 5 unspecified atom stereocenters. The smallest absolute Gasteiger partial charge is 0.246 e. The molecule has 1 heterocycles. The average molecular weight is 193 g/mol. The Morgan fingerprint density at radius 2 is 2.21 bits per heavy atom. The average Bonchev–Trinajstić information content (AvgIpc) is 2.75. The van der Waals surface area contributed by atoms with E-state index in [1.54, 1.807) is 0 Å². The van der Waals surface area contributed by atoms with Crippen LogP contribution in [-0.4, -0.2) is 34.6 Å². The predicted octanol–water partition coefficient (Wildman–Crippen LogP) is 0.400. The van der Waals surface area contributed by atoms with Crippen molar-refractivity contribution in [1.82, 2.24) is 4.90 Å². The lowest BCUT2D eigenvalue weighted by Crippen LogP contribution is -2.43. The van der Waals surface area contributed by atoms with Gasteiger partial charge >= 0.3 is 0 Å². The summed E-state index contributed by atoms with van der Waals surface area (Å²) >= 11 is 0. The van der Waals surface area contributed by atoms with Gasteiger partial charge in [-0.1, -0.05) is 6.58 Å². The van der Waals surface area contributed by atoms with Crippen LogP contribution in [0.2, 0.25) is 0 Å². The highest BCUT2D eigenvalue weighted by molar-refractivity contribution is 5.87. The van der Waals surface area contributed by atoms with Gasteiger partial charge in [0.05, 0.1) is 12.1 Å². The van der Waals surface area contributed by atoms with Crippen molar-refractivity contribution in [1.29, 1.82) is 0 Å². The number of carbonyl (C=O) groups is 1.